The van der Waals surface area contributed by atoms with Gasteiger partial charge in [0.2, 0.25) is 5.91 Å². The second-order valence-electron chi connectivity index (χ2n) is 5.22. The van der Waals surface area contributed by atoms with Crippen molar-refractivity contribution in [2.75, 3.05) is 6.54 Å². The summed E-state index contributed by atoms with van der Waals surface area (Å²) in [5, 5.41) is 9.07. The van der Waals surface area contributed by atoms with E-state index < -0.39 is 36.4 Å². The third-order valence-electron chi connectivity index (χ3n) is 3.06. The Labute approximate surface area is 131 Å². The van der Waals surface area contributed by atoms with Gasteiger partial charge in [-0.25, -0.2) is 4.79 Å². The van der Waals surface area contributed by atoms with E-state index in [9.17, 15) is 27.6 Å². The second-order valence-corrected chi connectivity index (χ2v) is 5.22. The number of carbonyl (C=O) groups excluding carboxylic acids is 2. The normalized spacial score (nSPS) is 14.2. The lowest BCUT2D eigenvalue weighted by atomic mass is 10.1. The molecule has 0 heterocycles. The van der Waals surface area contributed by atoms with Crippen LogP contribution in [0.15, 0.2) is 0 Å². The van der Waals surface area contributed by atoms with Crippen LogP contribution < -0.4 is 11.5 Å². The standard InChI is InChI=1S/C13H22F3N3O4/c1-8(18)4-2-6-10(20)19(12(23)13(14,15)16)9(11(21)22)5-3-7-17/h8-9H,2-7,17-18H2,1H3,(H,21,22)/t8?,9-/m0/s1. The summed E-state index contributed by atoms with van der Waals surface area (Å²) in [5.41, 5.74) is 10.7. The van der Waals surface area contributed by atoms with Crippen LogP contribution in [0.2, 0.25) is 0 Å². The maximum atomic E-state index is 12.7. The summed E-state index contributed by atoms with van der Waals surface area (Å²) in [4.78, 5) is 34.4. The molecule has 0 bridgehead atoms. The molecule has 0 saturated heterocycles. The van der Waals surface area contributed by atoms with Gasteiger partial charge in [0.25, 0.3) is 0 Å². The van der Waals surface area contributed by atoms with Gasteiger partial charge in [-0.15, -0.1) is 0 Å². The molecule has 0 aliphatic heterocycles. The van der Waals surface area contributed by atoms with Crippen LogP contribution in [0, 0.1) is 0 Å². The van der Waals surface area contributed by atoms with Crippen molar-refractivity contribution in [2.45, 2.75) is 57.3 Å². The fourth-order valence-corrected chi connectivity index (χ4v) is 1.94. The third kappa shape index (κ3) is 7.42. The molecule has 7 nitrogen and oxygen atoms in total. The van der Waals surface area contributed by atoms with Crippen LogP contribution in [0.25, 0.3) is 0 Å². The van der Waals surface area contributed by atoms with Crippen LogP contribution in [-0.4, -0.2) is 52.6 Å². The first-order valence-corrected chi connectivity index (χ1v) is 7.14. The molecule has 0 radical (unpaired) electrons. The quantitative estimate of drug-likeness (QED) is 0.564. The average molecular weight is 341 g/mol. The molecule has 23 heavy (non-hydrogen) atoms. The van der Waals surface area contributed by atoms with Crippen LogP contribution in [0.3, 0.4) is 0 Å². The van der Waals surface area contributed by atoms with E-state index in [2.05, 4.69) is 0 Å². The van der Waals surface area contributed by atoms with E-state index in [1.54, 1.807) is 6.92 Å². The summed E-state index contributed by atoms with van der Waals surface area (Å²) in [6.07, 6.45) is -5.50. The summed E-state index contributed by atoms with van der Waals surface area (Å²) in [5.74, 6) is -5.35. The maximum Gasteiger partial charge on any atom is 0.471 e. The molecule has 0 rings (SSSR count). The Bertz CT molecular complexity index is 427. The summed E-state index contributed by atoms with van der Waals surface area (Å²) < 4.78 is 38.0. The zero-order chi connectivity index (χ0) is 18.2. The van der Waals surface area contributed by atoms with Gasteiger partial charge in [0.1, 0.15) is 6.04 Å². The van der Waals surface area contributed by atoms with Gasteiger partial charge in [-0.2, -0.15) is 13.2 Å². The highest BCUT2D eigenvalue weighted by atomic mass is 19.4. The monoisotopic (exact) mass is 341 g/mol. The predicted molar refractivity (Wildman–Crippen MR) is 75.1 cm³/mol. The van der Waals surface area contributed by atoms with Gasteiger partial charge in [0.05, 0.1) is 0 Å². The van der Waals surface area contributed by atoms with Crippen LogP contribution in [0.5, 0.6) is 0 Å². The maximum absolute atomic E-state index is 12.7. The number of imide groups is 1. The van der Waals surface area contributed by atoms with Gasteiger partial charge >= 0.3 is 18.1 Å². The Morgan fingerprint density at radius 3 is 2.13 bits per heavy atom. The molecule has 134 valence electrons. The predicted octanol–water partition coefficient (Wildman–Crippen LogP) is 0.614. The first kappa shape index (κ1) is 21.3. The zero-order valence-electron chi connectivity index (χ0n) is 12.8. The molecule has 10 heteroatoms. The summed E-state index contributed by atoms with van der Waals surface area (Å²) >= 11 is 0. The number of nitrogens with zero attached hydrogens (tertiary/aromatic N) is 1. The lowest BCUT2D eigenvalue weighted by Gasteiger charge is -2.28. The van der Waals surface area contributed by atoms with Crippen molar-refractivity contribution in [3.8, 4) is 0 Å². The molecule has 2 amide bonds. The van der Waals surface area contributed by atoms with Crippen LogP contribution in [0.1, 0.15) is 39.0 Å². The molecule has 0 aromatic carbocycles. The van der Waals surface area contributed by atoms with Crippen molar-refractivity contribution < 1.29 is 32.7 Å². The number of rotatable bonds is 9. The lowest BCUT2D eigenvalue weighted by Crippen LogP contribution is -2.53. The Balaban J connectivity index is 5.31. The minimum atomic E-state index is -5.34. The van der Waals surface area contributed by atoms with E-state index in [1.165, 1.54) is 0 Å². The Morgan fingerprint density at radius 1 is 1.17 bits per heavy atom. The minimum Gasteiger partial charge on any atom is -0.480 e. The Kier molecular flexibility index (Phi) is 8.77. The number of aliphatic carboxylic acids is 1. The number of hydrogen-bond donors (Lipinski definition) is 3. The van der Waals surface area contributed by atoms with Crippen molar-refractivity contribution in [1.29, 1.82) is 0 Å². The molecule has 0 saturated carbocycles. The van der Waals surface area contributed by atoms with E-state index in [-0.39, 0.29) is 36.7 Å². The van der Waals surface area contributed by atoms with E-state index >= 15 is 0 Å². The number of hydrogen-bond acceptors (Lipinski definition) is 5. The van der Waals surface area contributed by atoms with Gasteiger partial charge < -0.3 is 16.6 Å². The number of carboxylic acids is 1. The summed E-state index contributed by atoms with van der Waals surface area (Å²) in [6.45, 7) is 1.68. The molecule has 0 spiro atoms. The van der Waals surface area contributed by atoms with Gasteiger partial charge in [-0.05, 0) is 39.2 Å². The lowest BCUT2D eigenvalue weighted by molar-refractivity contribution is -0.192. The van der Waals surface area contributed by atoms with Crippen molar-refractivity contribution in [3.63, 3.8) is 0 Å². The molecular weight excluding hydrogens is 319 g/mol. The van der Waals surface area contributed by atoms with Crippen LogP contribution in [-0.2, 0) is 14.4 Å². The number of amides is 2. The van der Waals surface area contributed by atoms with Crippen LogP contribution >= 0.6 is 0 Å². The number of halogens is 3. The van der Waals surface area contributed by atoms with Crippen molar-refractivity contribution in [1.82, 2.24) is 4.90 Å². The number of carboxylic acid groups (broad SMARTS) is 1. The fraction of sp³-hybridized carbons (Fsp3) is 0.769. The highest BCUT2D eigenvalue weighted by molar-refractivity contribution is 6.01. The van der Waals surface area contributed by atoms with Crippen LogP contribution in [0.4, 0.5) is 13.2 Å². The molecule has 0 aromatic rings. The molecule has 0 aliphatic rings. The molecule has 2 atom stereocenters. The van der Waals surface area contributed by atoms with Gasteiger partial charge in [0.15, 0.2) is 0 Å². The second kappa shape index (κ2) is 9.46. The molecule has 0 fully saturated rings. The molecule has 0 aliphatic carbocycles. The van der Waals surface area contributed by atoms with E-state index in [1.807, 2.05) is 0 Å². The molecule has 5 N–H and O–H groups in total. The Hall–Kier alpha value is -1.68. The van der Waals surface area contributed by atoms with E-state index in [4.69, 9.17) is 16.6 Å². The van der Waals surface area contributed by atoms with Crippen molar-refractivity contribution in [2.24, 2.45) is 11.5 Å². The summed E-state index contributed by atoms with van der Waals surface area (Å²) in [7, 11) is 0. The number of carbonyl (C=O) groups is 3. The van der Waals surface area contributed by atoms with Gasteiger partial charge in [-0.3, -0.25) is 14.5 Å². The average Bonchev–Trinajstić information content (AvgIpc) is 2.40. The zero-order valence-corrected chi connectivity index (χ0v) is 12.8. The van der Waals surface area contributed by atoms with E-state index in [0.717, 1.165) is 0 Å². The first-order valence-electron chi connectivity index (χ1n) is 7.14. The van der Waals surface area contributed by atoms with E-state index in [0.29, 0.717) is 6.42 Å². The Morgan fingerprint density at radius 2 is 1.74 bits per heavy atom. The number of alkyl halides is 3. The molecular formula is C13H22F3N3O4. The highest BCUT2D eigenvalue weighted by Crippen LogP contribution is 2.23. The van der Waals surface area contributed by atoms with Crippen molar-refractivity contribution in [3.05, 3.63) is 0 Å². The highest BCUT2D eigenvalue weighted by Gasteiger charge is 2.48. The largest absolute Gasteiger partial charge is 0.480 e. The van der Waals surface area contributed by atoms with Gasteiger partial charge in [0, 0.05) is 12.5 Å². The molecule has 1 unspecified atom stereocenters. The smallest absolute Gasteiger partial charge is 0.471 e. The van der Waals surface area contributed by atoms with Gasteiger partial charge in [-0.1, -0.05) is 0 Å². The SMILES string of the molecule is CC(N)CCCC(=O)N(C(=O)C(F)(F)F)[C@@H](CCCN)C(=O)O. The first-order chi connectivity index (χ1) is 10.5. The third-order valence-corrected chi connectivity index (χ3v) is 3.06. The number of nitrogens with two attached hydrogens (primary N) is 2. The van der Waals surface area contributed by atoms with Crippen molar-refractivity contribution >= 4 is 17.8 Å². The summed E-state index contributed by atoms with van der Waals surface area (Å²) in [6, 6.07) is -2.16. The molecule has 0 aromatic heterocycles. The topological polar surface area (TPSA) is 127 Å². The fourth-order valence-electron chi connectivity index (χ4n) is 1.94. The minimum absolute atomic E-state index is 0.0245.